The largest absolute Gasteiger partial charge is 0.350 e. The topological polar surface area (TPSA) is 67.8 Å². The van der Waals surface area contributed by atoms with E-state index in [-0.39, 0.29) is 0 Å². The van der Waals surface area contributed by atoms with Gasteiger partial charge in [-0.05, 0) is 25.7 Å². The predicted octanol–water partition coefficient (Wildman–Crippen LogP) is 1.32. The van der Waals surface area contributed by atoms with Gasteiger partial charge in [-0.25, -0.2) is 4.98 Å². The number of hydrogen-bond acceptors (Lipinski definition) is 5. The van der Waals surface area contributed by atoms with Crippen LogP contribution in [0.3, 0.4) is 0 Å². The molecule has 0 amide bonds. The molecule has 0 spiro atoms. The van der Waals surface area contributed by atoms with Gasteiger partial charge in [0.2, 0.25) is 5.95 Å². The molecule has 1 aromatic rings. The molecule has 0 bridgehead atoms. The Labute approximate surface area is 110 Å². The van der Waals surface area contributed by atoms with Crippen molar-refractivity contribution in [1.82, 2.24) is 15.2 Å². The number of nitrogens with one attached hydrogen (secondary N) is 1. The molecule has 0 atom stereocenters. The Morgan fingerprint density at radius 3 is 2.44 bits per heavy atom. The highest BCUT2D eigenvalue weighted by Crippen LogP contribution is 2.14. The van der Waals surface area contributed by atoms with Gasteiger partial charge in [0.05, 0.1) is 11.4 Å². The molecule has 1 fully saturated rings. The second-order valence-electron chi connectivity index (χ2n) is 4.50. The molecule has 1 aliphatic heterocycles. The van der Waals surface area contributed by atoms with Crippen molar-refractivity contribution in [3.05, 3.63) is 11.4 Å². The minimum atomic E-state index is -0.626. The van der Waals surface area contributed by atoms with E-state index in [1.807, 2.05) is 0 Å². The summed E-state index contributed by atoms with van der Waals surface area (Å²) in [6.07, 6.45) is 3.59. The number of nitrogens with zero attached hydrogens (tertiary/aromatic N) is 3. The minimum Gasteiger partial charge on any atom is -0.350 e. The average molecular weight is 268 g/mol. The number of hydrogen-bond donors (Lipinski definition) is 1. The van der Waals surface area contributed by atoms with Crippen LogP contribution in [0.25, 0.3) is 0 Å². The maximum Gasteiger partial charge on any atom is 0.243 e. The van der Waals surface area contributed by atoms with E-state index >= 15 is 0 Å². The fraction of sp³-hybridized carbons (Fsp3) is 0.750. The zero-order chi connectivity index (χ0) is 13.0. The van der Waals surface area contributed by atoms with Crippen LogP contribution in [0.2, 0.25) is 0 Å². The van der Waals surface area contributed by atoms with E-state index < -0.39 is 10.8 Å². The molecule has 0 aromatic carbocycles. The van der Waals surface area contributed by atoms with Crippen LogP contribution < -0.4 is 5.32 Å². The third-order valence-electron chi connectivity index (χ3n) is 3.23. The Kier molecular flexibility index (Phi) is 4.63. The maximum absolute atomic E-state index is 11.3. The molecule has 0 unspecified atom stereocenters. The van der Waals surface area contributed by atoms with Gasteiger partial charge < -0.3 is 5.32 Å². The van der Waals surface area contributed by atoms with Gasteiger partial charge in [-0.1, -0.05) is 13.8 Å². The third-order valence-corrected chi connectivity index (χ3v) is 4.61. The molecule has 1 aromatic heterocycles. The molecule has 2 heterocycles. The van der Waals surface area contributed by atoms with Crippen molar-refractivity contribution < 1.29 is 4.21 Å². The maximum atomic E-state index is 11.3. The second-order valence-corrected chi connectivity index (χ2v) is 6.20. The van der Waals surface area contributed by atoms with Crippen LogP contribution in [0.5, 0.6) is 0 Å². The monoisotopic (exact) mass is 268 g/mol. The first-order valence-corrected chi connectivity index (χ1v) is 8.05. The lowest BCUT2D eigenvalue weighted by atomic mass is 10.1. The summed E-state index contributed by atoms with van der Waals surface area (Å²) in [7, 11) is -0.626. The number of rotatable bonds is 4. The molecule has 0 radical (unpaired) electrons. The molecular weight excluding hydrogens is 248 g/mol. The molecule has 2 rings (SSSR count). The Hall–Kier alpha value is -1.04. The summed E-state index contributed by atoms with van der Waals surface area (Å²) in [6.45, 7) is 4.14. The van der Waals surface area contributed by atoms with Gasteiger partial charge in [0.25, 0.3) is 0 Å². The first kappa shape index (κ1) is 13.4. The zero-order valence-electron chi connectivity index (χ0n) is 11.0. The summed E-state index contributed by atoms with van der Waals surface area (Å²) in [6, 6.07) is 0.335. The normalized spacial score (nSPS) is 23.9. The first-order chi connectivity index (χ1) is 8.72. The average Bonchev–Trinajstić information content (AvgIpc) is 2.41. The Balaban J connectivity index is 2.03. The Morgan fingerprint density at radius 1 is 1.17 bits per heavy atom. The van der Waals surface area contributed by atoms with E-state index in [4.69, 9.17) is 0 Å². The summed E-state index contributed by atoms with van der Waals surface area (Å²) >= 11 is 0. The number of aryl methyl sites for hydroxylation is 2. The zero-order valence-corrected chi connectivity index (χ0v) is 11.8. The molecule has 100 valence electrons. The number of anilines is 1. The Morgan fingerprint density at radius 2 is 1.83 bits per heavy atom. The lowest BCUT2D eigenvalue weighted by Crippen LogP contribution is -2.30. The van der Waals surface area contributed by atoms with Crippen LogP contribution in [-0.2, 0) is 23.6 Å². The summed E-state index contributed by atoms with van der Waals surface area (Å²) in [5.74, 6) is 2.17. The van der Waals surface area contributed by atoms with Crippen molar-refractivity contribution in [3.8, 4) is 0 Å². The van der Waals surface area contributed by atoms with Crippen molar-refractivity contribution in [2.24, 2.45) is 0 Å². The fourth-order valence-corrected chi connectivity index (χ4v) is 3.42. The molecule has 5 nitrogen and oxygen atoms in total. The lowest BCUT2D eigenvalue weighted by Gasteiger charge is -2.22. The van der Waals surface area contributed by atoms with Crippen molar-refractivity contribution in [2.75, 3.05) is 16.8 Å². The SMILES string of the molecule is CCc1nnc(NC2CCS(=O)CC2)nc1CC. The number of aromatic nitrogens is 3. The molecule has 18 heavy (non-hydrogen) atoms. The van der Waals surface area contributed by atoms with Crippen LogP contribution in [0, 0.1) is 0 Å². The van der Waals surface area contributed by atoms with Crippen LogP contribution in [0.4, 0.5) is 5.95 Å². The Bertz CT molecular complexity index is 428. The molecular formula is C12H20N4OS. The summed E-state index contributed by atoms with van der Waals surface area (Å²) in [4.78, 5) is 4.51. The van der Waals surface area contributed by atoms with Crippen LogP contribution >= 0.6 is 0 Å². The van der Waals surface area contributed by atoms with Crippen molar-refractivity contribution in [2.45, 2.75) is 45.6 Å². The van der Waals surface area contributed by atoms with Crippen LogP contribution in [-0.4, -0.2) is 36.9 Å². The van der Waals surface area contributed by atoms with Gasteiger partial charge in [0.1, 0.15) is 0 Å². The van der Waals surface area contributed by atoms with E-state index in [1.54, 1.807) is 0 Å². The van der Waals surface area contributed by atoms with E-state index in [0.717, 1.165) is 48.6 Å². The predicted molar refractivity (Wildman–Crippen MR) is 73.1 cm³/mol. The van der Waals surface area contributed by atoms with Crippen molar-refractivity contribution in [3.63, 3.8) is 0 Å². The van der Waals surface area contributed by atoms with E-state index in [2.05, 4.69) is 34.3 Å². The summed E-state index contributed by atoms with van der Waals surface area (Å²) < 4.78 is 11.3. The fourth-order valence-electron chi connectivity index (χ4n) is 2.12. The van der Waals surface area contributed by atoms with E-state index in [0.29, 0.717) is 12.0 Å². The molecule has 0 saturated carbocycles. The standard InChI is InChI=1S/C12H20N4OS/c1-3-10-11(4-2)15-16-12(14-10)13-9-5-7-18(17)8-6-9/h9H,3-8H2,1-2H3,(H,13,14,16). The van der Waals surface area contributed by atoms with Crippen molar-refractivity contribution in [1.29, 1.82) is 0 Å². The van der Waals surface area contributed by atoms with E-state index in [9.17, 15) is 4.21 Å². The lowest BCUT2D eigenvalue weighted by molar-refractivity contribution is 0.618. The molecule has 0 aliphatic carbocycles. The quantitative estimate of drug-likeness (QED) is 0.892. The third kappa shape index (κ3) is 3.25. The van der Waals surface area contributed by atoms with Gasteiger partial charge in [-0.3, -0.25) is 4.21 Å². The van der Waals surface area contributed by atoms with Crippen molar-refractivity contribution >= 4 is 16.7 Å². The van der Waals surface area contributed by atoms with E-state index in [1.165, 1.54) is 0 Å². The summed E-state index contributed by atoms with van der Waals surface area (Å²) in [5.41, 5.74) is 2.00. The molecule has 1 saturated heterocycles. The molecule has 1 aliphatic rings. The molecule has 1 N–H and O–H groups in total. The smallest absolute Gasteiger partial charge is 0.243 e. The first-order valence-electron chi connectivity index (χ1n) is 6.56. The van der Waals surface area contributed by atoms with Crippen LogP contribution in [0.1, 0.15) is 38.1 Å². The highest BCUT2D eigenvalue weighted by atomic mass is 32.2. The van der Waals surface area contributed by atoms with Gasteiger partial charge in [0.15, 0.2) is 0 Å². The second kappa shape index (κ2) is 6.22. The highest BCUT2D eigenvalue weighted by molar-refractivity contribution is 7.85. The highest BCUT2D eigenvalue weighted by Gasteiger charge is 2.18. The van der Waals surface area contributed by atoms with Gasteiger partial charge >= 0.3 is 0 Å². The minimum absolute atomic E-state index is 0.335. The van der Waals surface area contributed by atoms with Gasteiger partial charge in [-0.15, -0.1) is 5.10 Å². The van der Waals surface area contributed by atoms with Gasteiger partial charge in [0, 0.05) is 28.3 Å². The summed E-state index contributed by atoms with van der Waals surface area (Å²) in [5, 5.41) is 11.6. The molecule has 6 heteroatoms. The van der Waals surface area contributed by atoms with Gasteiger partial charge in [-0.2, -0.15) is 5.10 Å². The van der Waals surface area contributed by atoms with Crippen LogP contribution in [0.15, 0.2) is 0 Å².